The number of benzene rings is 2. The maximum absolute atomic E-state index is 13.0. The molecule has 2 heterocycles. The van der Waals surface area contributed by atoms with Crippen LogP contribution in [0.3, 0.4) is 0 Å². The summed E-state index contributed by atoms with van der Waals surface area (Å²) in [6.45, 7) is 2.36. The molecule has 2 aromatic rings. The van der Waals surface area contributed by atoms with E-state index < -0.39 is 17.9 Å². The molecule has 0 radical (unpaired) electrons. The third-order valence-corrected chi connectivity index (χ3v) is 6.94. The van der Waals surface area contributed by atoms with Gasteiger partial charge >= 0.3 is 5.97 Å². The lowest BCUT2D eigenvalue weighted by atomic mass is 9.72. The molecule has 0 spiro atoms. The zero-order valence-electron chi connectivity index (χ0n) is 18.4. The predicted octanol–water partition coefficient (Wildman–Crippen LogP) is 3.16. The second kappa shape index (κ2) is 7.78. The number of aliphatic hydroxyl groups is 1. The smallest absolute Gasteiger partial charge is 0.310 e. The number of hydrogen-bond donors (Lipinski definition) is 1. The van der Waals surface area contributed by atoms with Crippen molar-refractivity contribution < 1.29 is 38.3 Å². The summed E-state index contributed by atoms with van der Waals surface area (Å²) in [7, 11) is 4.67. The molecule has 170 valence electrons. The van der Waals surface area contributed by atoms with E-state index in [4.69, 9.17) is 28.4 Å². The molecule has 1 fully saturated rings. The molecule has 5 rings (SSSR count). The van der Waals surface area contributed by atoms with Gasteiger partial charge in [-0.2, -0.15) is 0 Å². The van der Waals surface area contributed by atoms with Gasteiger partial charge in [0.05, 0.1) is 40.0 Å². The molecule has 1 unspecified atom stereocenters. The number of esters is 1. The molecule has 0 amide bonds. The maximum Gasteiger partial charge on any atom is 0.310 e. The molecule has 1 saturated heterocycles. The van der Waals surface area contributed by atoms with Crippen molar-refractivity contribution in [3.05, 3.63) is 41.0 Å². The largest absolute Gasteiger partial charge is 0.493 e. The van der Waals surface area contributed by atoms with Gasteiger partial charge in [0.2, 0.25) is 12.5 Å². The van der Waals surface area contributed by atoms with E-state index in [1.54, 1.807) is 21.3 Å². The average Bonchev–Trinajstić information content (AvgIpc) is 3.41. The summed E-state index contributed by atoms with van der Waals surface area (Å²) in [6, 6.07) is 7.49. The highest BCUT2D eigenvalue weighted by molar-refractivity contribution is 5.77. The normalized spacial score (nSPS) is 27.8. The summed E-state index contributed by atoms with van der Waals surface area (Å²) in [5.74, 6) is 1.06. The SMILES string of the molecule is COc1cc([C@@H]2C(C)c3cc4c(cc3[C@@H](O)[C@H]3COC(=O)[C@@H]32)OCO4)cc(OC)c1OC. The van der Waals surface area contributed by atoms with Crippen LogP contribution < -0.4 is 23.7 Å². The number of hydrogen-bond acceptors (Lipinski definition) is 8. The number of aliphatic hydroxyl groups excluding tert-OH is 1. The number of cyclic esters (lactones) is 1. The Morgan fingerprint density at radius 1 is 0.875 bits per heavy atom. The third-order valence-electron chi connectivity index (χ3n) is 6.94. The Labute approximate surface area is 185 Å². The van der Waals surface area contributed by atoms with Crippen molar-refractivity contribution in [3.63, 3.8) is 0 Å². The van der Waals surface area contributed by atoms with Crippen molar-refractivity contribution in [1.29, 1.82) is 0 Å². The standard InChI is InChI=1S/C24H26O8/c1-11-13-7-16-17(32-10-31-16)8-14(13)22(25)15-9-30-24(26)21(15)20(11)12-5-18(27-2)23(29-4)19(6-12)28-3/h5-8,11,15,20-22,25H,9-10H2,1-4H3/t11?,15-,20-,21-,22+/m0/s1. The molecular formula is C24H26O8. The molecule has 2 aromatic carbocycles. The monoisotopic (exact) mass is 442 g/mol. The van der Waals surface area contributed by atoms with Gasteiger partial charge in [-0.25, -0.2) is 0 Å². The molecule has 5 atom stereocenters. The Morgan fingerprint density at radius 2 is 1.50 bits per heavy atom. The molecule has 2 aliphatic heterocycles. The molecule has 0 aromatic heterocycles. The molecule has 1 N–H and O–H groups in total. The minimum absolute atomic E-state index is 0.141. The van der Waals surface area contributed by atoms with Crippen LogP contribution in [-0.4, -0.2) is 45.8 Å². The van der Waals surface area contributed by atoms with Crippen LogP contribution in [0.15, 0.2) is 24.3 Å². The average molecular weight is 442 g/mol. The molecule has 8 nitrogen and oxygen atoms in total. The number of methoxy groups -OCH3 is 3. The van der Waals surface area contributed by atoms with E-state index in [9.17, 15) is 9.90 Å². The van der Waals surface area contributed by atoms with Crippen molar-refractivity contribution in [1.82, 2.24) is 0 Å². The van der Waals surface area contributed by atoms with Gasteiger partial charge in [0.25, 0.3) is 0 Å². The number of rotatable bonds is 4. The number of carbonyl (C=O) groups excluding carboxylic acids is 1. The lowest BCUT2D eigenvalue weighted by Gasteiger charge is -2.29. The first-order valence-electron chi connectivity index (χ1n) is 10.6. The minimum Gasteiger partial charge on any atom is -0.493 e. The van der Waals surface area contributed by atoms with Gasteiger partial charge in [-0.1, -0.05) is 6.92 Å². The molecule has 32 heavy (non-hydrogen) atoms. The lowest BCUT2D eigenvalue weighted by molar-refractivity contribution is -0.142. The first-order chi connectivity index (χ1) is 15.5. The van der Waals surface area contributed by atoms with Crippen LogP contribution in [0, 0.1) is 11.8 Å². The van der Waals surface area contributed by atoms with Gasteiger partial charge in [0.15, 0.2) is 23.0 Å². The highest BCUT2D eigenvalue weighted by atomic mass is 16.7. The van der Waals surface area contributed by atoms with Crippen LogP contribution in [0.4, 0.5) is 0 Å². The summed E-state index contributed by atoms with van der Waals surface area (Å²) in [6.07, 6.45) is -0.870. The third kappa shape index (κ3) is 2.97. The van der Waals surface area contributed by atoms with E-state index in [0.29, 0.717) is 28.7 Å². The highest BCUT2D eigenvalue weighted by Crippen LogP contribution is 2.56. The van der Waals surface area contributed by atoms with Gasteiger partial charge in [0.1, 0.15) is 0 Å². The van der Waals surface area contributed by atoms with Crippen LogP contribution in [-0.2, 0) is 9.53 Å². The van der Waals surface area contributed by atoms with Crippen LogP contribution in [0.25, 0.3) is 0 Å². The summed E-state index contributed by atoms with van der Waals surface area (Å²) < 4.78 is 33.2. The quantitative estimate of drug-likeness (QED) is 0.722. The van der Waals surface area contributed by atoms with Gasteiger partial charge in [-0.3, -0.25) is 4.79 Å². The summed E-state index contributed by atoms with van der Waals surface area (Å²) in [5.41, 5.74) is 2.51. The number of carbonyl (C=O) groups is 1. The molecular weight excluding hydrogens is 416 g/mol. The second-order valence-corrected chi connectivity index (χ2v) is 8.37. The lowest BCUT2D eigenvalue weighted by Crippen LogP contribution is -2.28. The van der Waals surface area contributed by atoms with Crippen molar-refractivity contribution in [2.24, 2.45) is 11.8 Å². The first kappa shape index (κ1) is 20.8. The maximum atomic E-state index is 13.0. The Morgan fingerprint density at radius 3 is 2.09 bits per heavy atom. The van der Waals surface area contributed by atoms with Crippen LogP contribution >= 0.6 is 0 Å². The number of ether oxygens (including phenoxy) is 6. The zero-order valence-corrected chi connectivity index (χ0v) is 18.4. The van der Waals surface area contributed by atoms with Crippen molar-refractivity contribution in [2.45, 2.75) is 24.9 Å². The van der Waals surface area contributed by atoms with E-state index in [-0.39, 0.29) is 31.2 Å². The first-order valence-corrected chi connectivity index (χ1v) is 10.6. The Balaban J connectivity index is 1.71. The van der Waals surface area contributed by atoms with Gasteiger partial charge in [-0.05, 0) is 46.9 Å². The van der Waals surface area contributed by atoms with Gasteiger partial charge < -0.3 is 33.5 Å². The summed E-state index contributed by atoms with van der Waals surface area (Å²) >= 11 is 0. The Hall–Kier alpha value is -3.13. The van der Waals surface area contributed by atoms with Crippen LogP contribution in [0.1, 0.15) is 41.6 Å². The van der Waals surface area contributed by atoms with E-state index in [2.05, 4.69) is 6.92 Å². The van der Waals surface area contributed by atoms with Crippen molar-refractivity contribution in [2.75, 3.05) is 34.7 Å². The molecule has 8 heteroatoms. The fraction of sp³-hybridized carbons (Fsp3) is 0.458. The van der Waals surface area contributed by atoms with Crippen LogP contribution in [0.2, 0.25) is 0 Å². The fourth-order valence-corrected chi connectivity index (χ4v) is 5.40. The van der Waals surface area contributed by atoms with Gasteiger partial charge in [0, 0.05) is 11.8 Å². The Bertz CT molecular complexity index is 1040. The zero-order chi connectivity index (χ0) is 22.6. The van der Waals surface area contributed by atoms with E-state index >= 15 is 0 Å². The van der Waals surface area contributed by atoms with Crippen molar-refractivity contribution in [3.8, 4) is 28.7 Å². The molecule has 3 aliphatic rings. The van der Waals surface area contributed by atoms with Crippen molar-refractivity contribution >= 4 is 5.97 Å². The van der Waals surface area contributed by atoms with E-state index in [1.807, 2.05) is 24.3 Å². The van der Waals surface area contributed by atoms with Gasteiger partial charge in [-0.15, -0.1) is 0 Å². The molecule has 0 saturated carbocycles. The summed E-state index contributed by atoms with van der Waals surface area (Å²) in [4.78, 5) is 13.0. The molecule has 0 bridgehead atoms. The second-order valence-electron chi connectivity index (χ2n) is 8.37. The van der Waals surface area contributed by atoms with Crippen LogP contribution in [0.5, 0.6) is 28.7 Å². The predicted molar refractivity (Wildman–Crippen MR) is 113 cm³/mol. The molecule has 1 aliphatic carbocycles. The Kier molecular flexibility index (Phi) is 5.04. The fourth-order valence-electron chi connectivity index (χ4n) is 5.40. The number of fused-ring (bicyclic) bond motifs is 3. The van der Waals surface area contributed by atoms with E-state index in [0.717, 1.165) is 16.7 Å². The topological polar surface area (TPSA) is 92.7 Å². The summed E-state index contributed by atoms with van der Waals surface area (Å²) in [5, 5.41) is 11.3. The van der Waals surface area contributed by atoms with E-state index in [1.165, 1.54) is 0 Å². The minimum atomic E-state index is -0.870. The highest BCUT2D eigenvalue weighted by Gasteiger charge is 2.52.